The van der Waals surface area contributed by atoms with E-state index in [9.17, 15) is 18.0 Å². The number of rotatable bonds is 6. The van der Waals surface area contributed by atoms with Gasteiger partial charge in [-0.25, -0.2) is 17.9 Å². The number of amides is 1. The minimum absolute atomic E-state index is 0.0594. The Morgan fingerprint density at radius 1 is 1.00 bits per heavy atom. The molecule has 25 heavy (non-hydrogen) atoms. The Bertz CT molecular complexity index is 864. The van der Waals surface area contributed by atoms with Crippen LogP contribution in [0.2, 0.25) is 0 Å². The van der Waals surface area contributed by atoms with Gasteiger partial charge in [-0.15, -0.1) is 0 Å². The molecule has 0 unspecified atom stereocenters. The van der Waals surface area contributed by atoms with Crippen LogP contribution in [0.5, 0.6) is 0 Å². The van der Waals surface area contributed by atoms with Crippen LogP contribution in [0, 0.1) is 0 Å². The van der Waals surface area contributed by atoms with Gasteiger partial charge in [0, 0.05) is 7.11 Å². The Kier molecular flexibility index (Phi) is 5.89. The molecule has 0 saturated heterocycles. The van der Waals surface area contributed by atoms with E-state index in [-0.39, 0.29) is 10.5 Å². The van der Waals surface area contributed by atoms with Gasteiger partial charge >= 0.3 is 5.97 Å². The summed E-state index contributed by atoms with van der Waals surface area (Å²) in [5.41, 5.74) is 0.574. The molecule has 0 aliphatic carbocycles. The molecule has 1 N–H and O–H groups in total. The van der Waals surface area contributed by atoms with Crippen molar-refractivity contribution in [3.8, 4) is 0 Å². The number of nitrogens with one attached hydrogen (secondary N) is 1. The summed E-state index contributed by atoms with van der Waals surface area (Å²) in [6.45, 7) is 0. The molecule has 0 aliphatic heterocycles. The Morgan fingerprint density at radius 2 is 1.68 bits per heavy atom. The first-order valence-electron chi connectivity index (χ1n) is 7.22. The molecule has 2 rings (SSSR count). The monoisotopic (exact) mass is 363 g/mol. The third-order valence-electron chi connectivity index (χ3n) is 3.38. The van der Waals surface area contributed by atoms with Gasteiger partial charge in [0.2, 0.25) is 0 Å². The average molecular weight is 363 g/mol. The lowest BCUT2D eigenvalue weighted by Gasteiger charge is -2.16. The highest BCUT2D eigenvalue weighted by molar-refractivity contribution is 7.90. The van der Waals surface area contributed by atoms with E-state index in [1.165, 1.54) is 32.4 Å². The summed E-state index contributed by atoms with van der Waals surface area (Å²) in [5, 5.41) is 0. The van der Waals surface area contributed by atoms with Gasteiger partial charge < -0.3 is 9.47 Å². The van der Waals surface area contributed by atoms with Gasteiger partial charge in [0.1, 0.15) is 0 Å². The fourth-order valence-corrected chi connectivity index (χ4v) is 3.20. The van der Waals surface area contributed by atoms with Gasteiger partial charge in [-0.3, -0.25) is 4.79 Å². The molecule has 0 aliphatic rings. The van der Waals surface area contributed by atoms with Crippen molar-refractivity contribution in [2.75, 3.05) is 14.2 Å². The largest absolute Gasteiger partial charge is 0.465 e. The highest BCUT2D eigenvalue weighted by Crippen LogP contribution is 2.18. The first-order valence-corrected chi connectivity index (χ1v) is 8.70. The summed E-state index contributed by atoms with van der Waals surface area (Å²) in [6.07, 6.45) is -1.08. The SMILES string of the molecule is COC(=O)c1cccc(S(=O)(=O)NC(=O)[C@@H](OC)c2ccccc2)c1. The topological polar surface area (TPSA) is 98.8 Å². The van der Waals surface area contributed by atoms with Crippen LogP contribution in [0.25, 0.3) is 0 Å². The Balaban J connectivity index is 2.26. The zero-order chi connectivity index (χ0) is 18.4. The average Bonchev–Trinajstić information content (AvgIpc) is 2.62. The standard InChI is InChI=1S/C17H17NO6S/c1-23-15(12-7-4-3-5-8-12)16(19)18-25(21,22)14-10-6-9-13(11-14)17(20)24-2/h3-11,15H,1-2H3,(H,18,19)/t15-/m0/s1. The van der Waals surface area contributed by atoms with Crippen molar-refractivity contribution in [2.24, 2.45) is 0 Å². The molecule has 7 nitrogen and oxygen atoms in total. The summed E-state index contributed by atoms with van der Waals surface area (Å²) >= 11 is 0. The van der Waals surface area contributed by atoms with Crippen molar-refractivity contribution < 1.29 is 27.5 Å². The summed E-state index contributed by atoms with van der Waals surface area (Å²) < 4.78 is 36.5. The molecule has 0 heterocycles. The van der Waals surface area contributed by atoms with Crippen LogP contribution in [0.1, 0.15) is 22.0 Å². The number of ether oxygens (including phenoxy) is 2. The third kappa shape index (κ3) is 4.43. The molecular weight excluding hydrogens is 346 g/mol. The number of carbonyl (C=O) groups is 2. The molecule has 0 fully saturated rings. The zero-order valence-corrected chi connectivity index (χ0v) is 14.4. The minimum atomic E-state index is -4.17. The van der Waals surface area contributed by atoms with Crippen molar-refractivity contribution in [3.63, 3.8) is 0 Å². The lowest BCUT2D eigenvalue weighted by molar-refractivity contribution is -0.129. The molecule has 2 aromatic rings. The van der Waals surface area contributed by atoms with Crippen molar-refractivity contribution in [3.05, 3.63) is 65.7 Å². The quantitative estimate of drug-likeness (QED) is 0.784. The van der Waals surface area contributed by atoms with Crippen LogP contribution in [0.3, 0.4) is 0 Å². The second-order valence-corrected chi connectivity index (χ2v) is 6.70. The summed E-state index contributed by atoms with van der Waals surface area (Å²) in [4.78, 5) is 23.6. The van der Waals surface area contributed by atoms with Crippen LogP contribution >= 0.6 is 0 Å². The smallest absolute Gasteiger partial charge is 0.337 e. The van der Waals surface area contributed by atoms with Gasteiger partial charge in [-0.1, -0.05) is 36.4 Å². The van der Waals surface area contributed by atoms with E-state index >= 15 is 0 Å². The highest BCUT2D eigenvalue weighted by atomic mass is 32.2. The van der Waals surface area contributed by atoms with Crippen LogP contribution in [0.15, 0.2) is 59.5 Å². The van der Waals surface area contributed by atoms with Crippen LogP contribution < -0.4 is 4.72 Å². The van der Waals surface area contributed by atoms with Crippen LogP contribution in [-0.4, -0.2) is 34.5 Å². The number of hydrogen-bond acceptors (Lipinski definition) is 6. The molecule has 0 radical (unpaired) electrons. The molecular formula is C17H17NO6S. The van der Waals surface area contributed by atoms with Gasteiger partial charge in [0.15, 0.2) is 6.10 Å². The predicted molar refractivity (Wildman–Crippen MR) is 89.3 cm³/mol. The van der Waals surface area contributed by atoms with Gasteiger partial charge in [0.25, 0.3) is 15.9 Å². The summed E-state index contributed by atoms with van der Waals surface area (Å²) in [6, 6.07) is 13.7. The van der Waals surface area contributed by atoms with Gasteiger partial charge in [-0.2, -0.15) is 0 Å². The van der Waals surface area contributed by atoms with Crippen molar-refractivity contribution in [1.29, 1.82) is 0 Å². The second kappa shape index (κ2) is 7.91. The summed E-state index contributed by atoms with van der Waals surface area (Å²) in [5.74, 6) is -1.51. The normalized spacial score (nSPS) is 12.2. The first-order chi connectivity index (χ1) is 11.9. The molecule has 0 bridgehead atoms. The maximum atomic E-state index is 12.4. The lowest BCUT2D eigenvalue weighted by Crippen LogP contribution is -2.35. The van der Waals surface area contributed by atoms with E-state index in [0.29, 0.717) is 5.56 Å². The van der Waals surface area contributed by atoms with E-state index in [4.69, 9.17) is 4.74 Å². The number of benzene rings is 2. The predicted octanol–water partition coefficient (Wildman–Crippen LogP) is 1.67. The summed E-state index contributed by atoms with van der Waals surface area (Å²) in [7, 11) is -1.68. The molecule has 132 valence electrons. The Morgan fingerprint density at radius 3 is 2.28 bits per heavy atom. The van der Waals surface area contributed by atoms with E-state index in [1.807, 2.05) is 4.72 Å². The number of carbonyl (C=O) groups excluding carboxylic acids is 2. The van der Waals surface area contributed by atoms with Crippen molar-refractivity contribution in [2.45, 2.75) is 11.0 Å². The Labute approximate surface area is 145 Å². The number of esters is 1. The fraction of sp³-hybridized carbons (Fsp3) is 0.176. The van der Waals surface area contributed by atoms with Gasteiger partial charge in [0.05, 0.1) is 17.6 Å². The molecule has 8 heteroatoms. The Hall–Kier alpha value is -2.71. The van der Waals surface area contributed by atoms with Crippen molar-refractivity contribution >= 4 is 21.9 Å². The second-order valence-electron chi connectivity index (χ2n) is 5.02. The molecule has 2 aromatic carbocycles. The zero-order valence-electron chi connectivity index (χ0n) is 13.6. The minimum Gasteiger partial charge on any atom is -0.465 e. The van der Waals surface area contributed by atoms with Crippen molar-refractivity contribution in [1.82, 2.24) is 4.72 Å². The van der Waals surface area contributed by atoms with Crippen LogP contribution in [-0.2, 0) is 24.3 Å². The van der Waals surface area contributed by atoms with E-state index < -0.39 is 28.0 Å². The number of methoxy groups -OCH3 is 2. The fourth-order valence-electron chi connectivity index (χ4n) is 2.18. The maximum Gasteiger partial charge on any atom is 0.337 e. The van der Waals surface area contributed by atoms with E-state index in [2.05, 4.69) is 4.74 Å². The number of hydrogen-bond donors (Lipinski definition) is 1. The molecule has 0 aromatic heterocycles. The molecule has 0 saturated carbocycles. The van der Waals surface area contributed by atoms with E-state index in [0.717, 1.165) is 6.07 Å². The third-order valence-corrected chi connectivity index (χ3v) is 4.72. The highest BCUT2D eigenvalue weighted by Gasteiger charge is 2.26. The number of sulfonamides is 1. The lowest BCUT2D eigenvalue weighted by atomic mass is 10.1. The first kappa shape index (κ1) is 18.6. The molecule has 1 amide bonds. The molecule has 1 atom stereocenters. The van der Waals surface area contributed by atoms with E-state index in [1.54, 1.807) is 30.3 Å². The van der Waals surface area contributed by atoms with Gasteiger partial charge in [-0.05, 0) is 23.8 Å². The molecule has 0 spiro atoms. The van der Waals surface area contributed by atoms with Crippen LogP contribution in [0.4, 0.5) is 0 Å². The maximum absolute atomic E-state index is 12.4.